The summed E-state index contributed by atoms with van der Waals surface area (Å²) in [7, 11) is 0. The van der Waals surface area contributed by atoms with E-state index in [0.29, 0.717) is 11.1 Å². The van der Waals surface area contributed by atoms with Gasteiger partial charge in [0.2, 0.25) is 5.89 Å². The van der Waals surface area contributed by atoms with Crippen molar-refractivity contribution < 1.29 is 4.52 Å². The van der Waals surface area contributed by atoms with Crippen LogP contribution in [0.5, 0.6) is 0 Å². The largest absolute Gasteiger partial charge is 0.373 e. The summed E-state index contributed by atoms with van der Waals surface area (Å²) in [5, 5.41) is 8.05. The molecule has 5 heteroatoms. The van der Waals surface area contributed by atoms with E-state index in [1.165, 1.54) is 11.3 Å². The first-order valence-corrected chi connectivity index (χ1v) is 7.56. The second kappa shape index (κ2) is 5.25. The third kappa shape index (κ3) is 2.76. The molecule has 0 bridgehead atoms. The van der Waals surface area contributed by atoms with Crippen molar-refractivity contribution in [3.63, 3.8) is 0 Å². The Labute approximate surface area is 117 Å². The summed E-state index contributed by atoms with van der Waals surface area (Å²) < 4.78 is 5.38. The Morgan fingerprint density at radius 1 is 1.42 bits per heavy atom. The van der Waals surface area contributed by atoms with Crippen molar-refractivity contribution in [2.75, 3.05) is 5.32 Å². The lowest BCUT2D eigenvalue weighted by Gasteiger charge is -2.04. The van der Waals surface area contributed by atoms with E-state index in [-0.39, 0.29) is 6.04 Å². The van der Waals surface area contributed by atoms with E-state index in [2.05, 4.69) is 47.5 Å². The fraction of sp³-hybridized carbons (Fsp3) is 0.429. The first kappa shape index (κ1) is 12.5. The smallest absolute Gasteiger partial charge is 0.249 e. The average molecular weight is 275 g/mol. The van der Waals surface area contributed by atoms with Gasteiger partial charge in [0.15, 0.2) is 5.82 Å². The number of rotatable bonds is 4. The molecule has 3 rings (SSSR count). The maximum atomic E-state index is 5.38. The van der Waals surface area contributed by atoms with Crippen LogP contribution in [0.25, 0.3) is 0 Å². The monoisotopic (exact) mass is 275 g/mol. The molecule has 100 valence electrons. The topological polar surface area (TPSA) is 51.0 Å². The van der Waals surface area contributed by atoms with Gasteiger partial charge in [0.25, 0.3) is 0 Å². The standard InChI is InChI=1S/C14H17N3OS/c1-9(2)19-8-13-16-14(18-17-13)12-7-10-5-3-4-6-11(10)15-12/h3-6,9,12,15H,7-8H2,1-2H3. The van der Waals surface area contributed by atoms with Gasteiger partial charge in [-0.2, -0.15) is 16.7 Å². The van der Waals surface area contributed by atoms with Crippen molar-refractivity contribution in [2.45, 2.75) is 37.3 Å². The van der Waals surface area contributed by atoms with Crippen LogP contribution in [0.3, 0.4) is 0 Å². The maximum Gasteiger partial charge on any atom is 0.249 e. The van der Waals surface area contributed by atoms with Crippen molar-refractivity contribution in [3.8, 4) is 0 Å². The van der Waals surface area contributed by atoms with Crippen LogP contribution in [0, 0.1) is 0 Å². The summed E-state index contributed by atoms with van der Waals surface area (Å²) in [4.78, 5) is 4.49. The Morgan fingerprint density at radius 2 is 2.26 bits per heavy atom. The van der Waals surface area contributed by atoms with Gasteiger partial charge in [0, 0.05) is 12.1 Å². The van der Waals surface area contributed by atoms with Crippen molar-refractivity contribution in [1.29, 1.82) is 0 Å². The molecule has 1 unspecified atom stereocenters. The normalized spacial score (nSPS) is 17.5. The minimum Gasteiger partial charge on any atom is -0.373 e. The highest BCUT2D eigenvalue weighted by molar-refractivity contribution is 7.99. The summed E-state index contributed by atoms with van der Waals surface area (Å²) in [6.45, 7) is 4.33. The maximum absolute atomic E-state index is 5.38. The number of thioether (sulfide) groups is 1. The highest BCUT2D eigenvalue weighted by Gasteiger charge is 2.26. The number of aromatic nitrogens is 2. The zero-order valence-corrected chi connectivity index (χ0v) is 11.9. The molecule has 1 aliphatic rings. The third-order valence-electron chi connectivity index (χ3n) is 3.10. The molecular formula is C14H17N3OS. The Balaban J connectivity index is 1.68. The van der Waals surface area contributed by atoms with Crippen LogP contribution in [0.2, 0.25) is 0 Å². The molecule has 0 fully saturated rings. The molecule has 0 saturated heterocycles. The SMILES string of the molecule is CC(C)SCc1noc(C2Cc3ccccc3N2)n1. The number of nitrogens with one attached hydrogen (secondary N) is 1. The highest BCUT2D eigenvalue weighted by Crippen LogP contribution is 2.33. The van der Waals surface area contributed by atoms with Crippen LogP contribution in [-0.4, -0.2) is 15.4 Å². The molecule has 2 heterocycles. The number of benzene rings is 1. The predicted octanol–water partition coefficient (Wildman–Crippen LogP) is 3.42. The number of hydrogen-bond acceptors (Lipinski definition) is 5. The molecule has 1 atom stereocenters. The predicted molar refractivity (Wildman–Crippen MR) is 77.2 cm³/mol. The molecule has 19 heavy (non-hydrogen) atoms. The second-order valence-corrected chi connectivity index (χ2v) is 6.53. The van der Waals surface area contributed by atoms with E-state index in [0.717, 1.165) is 18.0 Å². The zero-order chi connectivity index (χ0) is 13.2. The molecule has 2 aromatic rings. The second-order valence-electron chi connectivity index (χ2n) is 4.97. The molecule has 1 aromatic carbocycles. The van der Waals surface area contributed by atoms with Gasteiger partial charge in [-0.3, -0.25) is 0 Å². The first-order chi connectivity index (χ1) is 9.22. The van der Waals surface area contributed by atoms with Gasteiger partial charge in [-0.15, -0.1) is 0 Å². The van der Waals surface area contributed by atoms with E-state index < -0.39 is 0 Å². The van der Waals surface area contributed by atoms with Crippen molar-refractivity contribution in [2.24, 2.45) is 0 Å². The first-order valence-electron chi connectivity index (χ1n) is 6.51. The van der Waals surface area contributed by atoms with Gasteiger partial charge in [0.05, 0.1) is 5.75 Å². The molecule has 1 N–H and O–H groups in total. The molecule has 0 radical (unpaired) electrons. The van der Waals surface area contributed by atoms with E-state index in [4.69, 9.17) is 4.52 Å². The Hall–Kier alpha value is -1.49. The minimum atomic E-state index is 0.114. The van der Waals surface area contributed by atoms with Crippen molar-refractivity contribution in [3.05, 3.63) is 41.5 Å². The lowest BCUT2D eigenvalue weighted by Crippen LogP contribution is -2.06. The van der Waals surface area contributed by atoms with Gasteiger partial charge in [-0.05, 0) is 16.9 Å². The van der Waals surface area contributed by atoms with Gasteiger partial charge in [-0.25, -0.2) is 0 Å². The summed E-state index contributed by atoms with van der Waals surface area (Å²) in [5.74, 6) is 2.28. The highest BCUT2D eigenvalue weighted by atomic mass is 32.2. The van der Waals surface area contributed by atoms with Crippen LogP contribution >= 0.6 is 11.8 Å². The van der Waals surface area contributed by atoms with Gasteiger partial charge >= 0.3 is 0 Å². The quantitative estimate of drug-likeness (QED) is 0.926. The number of para-hydroxylation sites is 1. The van der Waals surface area contributed by atoms with E-state index in [1.807, 2.05) is 17.8 Å². The molecule has 0 spiro atoms. The van der Waals surface area contributed by atoms with Crippen LogP contribution in [-0.2, 0) is 12.2 Å². The number of fused-ring (bicyclic) bond motifs is 1. The average Bonchev–Trinajstić information content (AvgIpc) is 3.02. The summed E-state index contributed by atoms with van der Waals surface area (Å²) in [5.41, 5.74) is 2.48. The minimum absolute atomic E-state index is 0.114. The van der Waals surface area contributed by atoms with E-state index in [9.17, 15) is 0 Å². The lowest BCUT2D eigenvalue weighted by molar-refractivity contribution is 0.360. The summed E-state index contributed by atoms with van der Waals surface area (Å²) in [6, 6.07) is 8.42. The van der Waals surface area contributed by atoms with Crippen LogP contribution in [0.15, 0.2) is 28.8 Å². The van der Waals surface area contributed by atoms with Gasteiger partial charge in [-0.1, -0.05) is 37.2 Å². The van der Waals surface area contributed by atoms with E-state index >= 15 is 0 Å². The fourth-order valence-corrected chi connectivity index (χ4v) is 2.76. The fourth-order valence-electron chi connectivity index (χ4n) is 2.16. The number of nitrogens with zero attached hydrogens (tertiary/aromatic N) is 2. The summed E-state index contributed by atoms with van der Waals surface area (Å²) >= 11 is 1.82. The zero-order valence-electron chi connectivity index (χ0n) is 11.1. The van der Waals surface area contributed by atoms with Crippen molar-refractivity contribution in [1.82, 2.24) is 10.1 Å². The van der Waals surface area contributed by atoms with Crippen molar-refractivity contribution >= 4 is 17.4 Å². The Bertz CT molecular complexity index is 542. The molecule has 1 aromatic heterocycles. The molecular weight excluding hydrogens is 258 g/mol. The Morgan fingerprint density at radius 3 is 3.05 bits per heavy atom. The van der Waals surface area contributed by atoms with Crippen LogP contribution in [0.1, 0.15) is 37.2 Å². The number of anilines is 1. The molecule has 1 aliphatic heterocycles. The van der Waals surface area contributed by atoms with E-state index in [1.54, 1.807) is 0 Å². The lowest BCUT2D eigenvalue weighted by atomic mass is 10.1. The Kier molecular flexibility index (Phi) is 3.46. The van der Waals surface area contributed by atoms with Crippen LogP contribution in [0.4, 0.5) is 5.69 Å². The van der Waals surface area contributed by atoms with Gasteiger partial charge in [0.1, 0.15) is 6.04 Å². The molecule has 0 saturated carbocycles. The van der Waals surface area contributed by atoms with Gasteiger partial charge < -0.3 is 9.84 Å². The summed E-state index contributed by atoms with van der Waals surface area (Å²) in [6.07, 6.45) is 0.912. The number of hydrogen-bond donors (Lipinski definition) is 1. The molecule has 0 aliphatic carbocycles. The third-order valence-corrected chi connectivity index (χ3v) is 4.19. The molecule has 4 nitrogen and oxygen atoms in total. The van der Waals surface area contributed by atoms with Crippen LogP contribution < -0.4 is 5.32 Å². The molecule has 0 amide bonds.